The molecule has 0 spiro atoms. The summed E-state index contributed by atoms with van der Waals surface area (Å²) >= 11 is 0. The zero-order chi connectivity index (χ0) is 18.3. The highest BCUT2D eigenvalue weighted by Crippen LogP contribution is 2.24. The van der Waals surface area contributed by atoms with Crippen LogP contribution in [0, 0.1) is 5.92 Å². The first-order valence-corrected chi connectivity index (χ1v) is 8.77. The van der Waals surface area contributed by atoms with Crippen molar-refractivity contribution in [2.75, 3.05) is 0 Å². The topological polar surface area (TPSA) is 77.8 Å². The first-order valence-electron chi connectivity index (χ1n) is 8.77. The third-order valence-corrected chi connectivity index (χ3v) is 4.88. The standard InChI is InChI=1S/C20H32O4/c1-13(2)16-9-5-14(3)7-11-17(21)19(20(23)24)18(22)12-8-15(4)6-10-16/h5,8,17-19,21-22H,6-7,9-12H2,1-4H3,(H,23,24)/t17-,18+,19-/m0/s1. The Bertz CT molecular complexity index is 524. The summed E-state index contributed by atoms with van der Waals surface area (Å²) in [6, 6.07) is 0. The lowest BCUT2D eigenvalue weighted by Gasteiger charge is -2.24. The van der Waals surface area contributed by atoms with Crippen LogP contribution in [0.4, 0.5) is 0 Å². The summed E-state index contributed by atoms with van der Waals surface area (Å²) in [6.45, 7) is 8.28. The van der Waals surface area contributed by atoms with Gasteiger partial charge in [-0.2, -0.15) is 0 Å². The Kier molecular flexibility index (Phi) is 8.43. The molecule has 1 aliphatic carbocycles. The van der Waals surface area contributed by atoms with E-state index in [1.165, 1.54) is 11.1 Å². The highest BCUT2D eigenvalue weighted by Gasteiger charge is 2.32. The molecule has 4 nitrogen and oxygen atoms in total. The predicted molar refractivity (Wildman–Crippen MR) is 96.7 cm³/mol. The molecule has 0 saturated heterocycles. The van der Waals surface area contributed by atoms with Crippen molar-refractivity contribution in [3.8, 4) is 0 Å². The van der Waals surface area contributed by atoms with E-state index in [9.17, 15) is 20.1 Å². The lowest BCUT2D eigenvalue weighted by molar-refractivity contribution is -0.151. The average molecular weight is 336 g/mol. The Balaban J connectivity index is 3.03. The molecule has 24 heavy (non-hydrogen) atoms. The van der Waals surface area contributed by atoms with Crippen molar-refractivity contribution in [2.45, 2.75) is 78.4 Å². The minimum Gasteiger partial charge on any atom is -0.481 e. The first-order chi connectivity index (χ1) is 11.2. The smallest absolute Gasteiger partial charge is 0.311 e. The van der Waals surface area contributed by atoms with Gasteiger partial charge in [0.15, 0.2) is 0 Å². The van der Waals surface area contributed by atoms with Crippen LogP contribution in [0.15, 0.2) is 34.4 Å². The molecule has 0 aliphatic heterocycles. The van der Waals surface area contributed by atoms with E-state index in [1.807, 2.05) is 19.9 Å². The second kappa shape index (κ2) is 9.80. The molecule has 3 atom stereocenters. The van der Waals surface area contributed by atoms with Gasteiger partial charge in [-0.05, 0) is 66.2 Å². The van der Waals surface area contributed by atoms with Crippen LogP contribution in [0.3, 0.4) is 0 Å². The maximum Gasteiger partial charge on any atom is 0.311 e. The number of aliphatic carboxylic acids is 1. The van der Waals surface area contributed by atoms with Gasteiger partial charge in [0.25, 0.3) is 0 Å². The largest absolute Gasteiger partial charge is 0.481 e. The Morgan fingerprint density at radius 3 is 2.21 bits per heavy atom. The van der Waals surface area contributed by atoms with Crippen molar-refractivity contribution in [3.05, 3.63) is 34.4 Å². The van der Waals surface area contributed by atoms with Gasteiger partial charge in [-0.1, -0.05) is 34.4 Å². The number of allylic oxidation sites excluding steroid dienone is 5. The van der Waals surface area contributed by atoms with E-state index in [-0.39, 0.29) is 6.42 Å². The van der Waals surface area contributed by atoms with Gasteiger partial charge in [-0.3, -0.25) is 4.79 Å². The lowest BCUT2D eigenvalue weighted by Crippen LogP contribution is -2.38. The molecule has 0 aromatic heterocycles. The number of rotatable bonds is 1. The first kappa shape index (κ1) is 20.7. The van der Waals surface area contributed by atoms with Gasteiger partial charge in [0, 0.05) is 0 Å². The predicted octanol–water partition coefficient (Wildman–Crippen LogP) is 3.99. The molecular weight excluding hydrogens is 304 g/mol. The van der Waals surface area contributed by atoms with Crippen LogP contribution < -0.4 is 0 Å². The number of aliphatic hydroxyl groups is 2. The van der Waals surface area contributed by atoms with Gasteiger partial charge in [-0.25, -0.2) is 0 Å². The fraction of sp³-hybridized carbons (Fsp3) is 0.650. The molecule has 0 aromatic rings. The second-order valence-corrected chi connectivity index (χ2v) is 7.18. The van der Waals surface area contributed by atoms with Crippen molar-refractivity contribution in [2.24, 2.45) is 5.92 Å². The average Bonchev–Trinajstić information content (AvgIpc) is 2.49. The molecule has 0 amide bonds. The summed E-state index contributed by atoms with van der Waals surface area (Å²) in [4.78, 5) is 11.4. The van der Waals surface area contributed by atoms with Gasteiger partial charge >= 0.3 is 5.97 Å². The summed E-state index contributed by atoms with van der Waals surface area (Å²) < 4.78 is 0. The van der Waals surface area contributed by atoms with Gasteiger partial charge in [0.1, 0.15) is 5.92 Å². The van der Waals surface area contributed by atoms with Gasteiger partial charge in [0.05, 0.1) is 12.2 Å². The minimum atomic E-state index is -1.14. The van der Waals surface area contributed by atoms with Crippen molar-refractivity contribution in [1.82, 2.24) is 0 Å². The van der Waals surface area contributed by atoms with Gasteiger partial charge < -0.3 is 15.3 Å². The number of aliphatic hydroxyl groups excluding tert-OH is 2. The molecule has 136 valence electrons. The zero-order valence-electron chi connectivity index (χ0n) is 15.4. The fourth-order valence-corrected chi connectivity index (χ4v) is 3.02. The highest BCUT2D eigenvalue weighted by atomic mass is 16.4. The van der Waals surface area contributed by atoms with Crippen LogP contribution >= 0.6 is 0 Å². The quantitative estimate of drug-likeness (QED) is 0.633. The number of carboxylic acids is 1. The second-order valence-electron chi connectivity index (χ2n) is 7.18. The summed E-state index contributed by atoms with van der Waals surface area (Å²) in [5, 5.41) is 29.8. The van der Waals surface area contributed by atoms with Crippen LogP contribution in [0.2, 0.25) is 0 Å². The third kappa shape index (κ3) is 6.62. The molecule has 0 fully saturated rings. The van der Waals surface area contributed by atoms with Crippen molar-refractivity contribution in [3.63, 3.8) is 0 Å². The summed E-state index contributed by atoms with van der Waals surface area (Å²) in [5.74, 6) is -2.28. The number of hydrogen-bond donors (Lipinski definition) is 3. The maximum atomic E-state index is 11.4. The van der Waals surface area contributed by atoms with E-state index in [2.05, 4.69) is 19.9 Å². The zero-order valence-corrected chi connectivity index (χ0v) is 15.4. The SMILES string of the molecule is CC1=CC[C@@H](O)[C@@H](C(=O)O)[C@@H](O)CCC(C)=CCC(=C(C)C)CC1. The Morgan fingerprint density at radius 2 is 1.62 bits per heavy atom. The van der Waals surface area contributed by atoms with Crippen LogP contribution in [0.25, 0.3) is 0 Å². The lowest BCUT2D eigenvalue weighted by atomic mass is 9.88. The minimum absolute atomic E-state index is 0.263. The van der Waals surface area contributed by atoms with E-state index in [0.29, 0.717) is 12.8 Å². The van der Waals surface area contributed by atoms with Crippen molar-refractivity contribution in [1.29, 1.82) is 0 Å². The molecule has 4 heteroatoms. The normalized spacial score (nSPS) is 27.8. The van der Waals surface area contributed by atoms with E-state index in [0.717, 1.165) is 30.4 Å². The van der Waals surface area contributed by atoms with Crippen molar-refractivity contribution < 1.29 is 20.1 Å². The third-order valence-electron chi connectivity index (χ3n) is 4.88. The number of carbonyl (C=O) groups is 1. The summed E-state index contributed by atoms with van der Waals surface area (Å²) in [5.41, 5.74) is 5.05. The Hall–Kier alpha value is -1.39. The molecule has 0 saturated carbocycles. The van der Waals surface area contributed by atoms with Gasteiger partial charge in [-0.15, -0.1) is 0 Å². The molecule has 0 radical (unpaired) electrons. The van der Waals surface area contributed by atoms with Crippen LogP contribution in [-0.2, 0) is 4.79 Å². The summed E-state index contributed by atoms with van der Waals surface area (Å²) in [7, 11) is 0. The Morgan fingerprint density at radius 1 is 1.00 bits per heavy atom. The van der Waals surface area contributed by atoms with E-state index in [1.54, 1.807) is 0 Å². The van der Waals surface area contributed by atoms with Crippen molar-refractivity contribution >= 4 is 5.97 Å². The summed E-state index contributed by atoms with van der Waals surface area (Å²) in [6.07, 6.45) is 6.01. The molecule has 3 N–H and O–H groups in total. The van der Waals surface area contributed by atoms with E-state index >= 15 is 0 Å². The number of carboxylic acid groups (broad SMARTS) is 1. The Labute approximate surface area is 145 Å². The van der Waals surface area contributed by atoms with E-state index in [4.69, 9.17) is 0 Å². The highest BCUT2D eigenvalue weighted by molar-refractivity contribution is 5.71. The van der Waals surface area contributed by atoms with Gasteiger partial charge in [0.2, 0.25) is 0 Å². The number of hydrogen-bond acceptors (Lipinski definition) is 3. The van der Waals surface area contributed by atoms with Crippen LogP contribution in [0.1, 0.15) is 66.2 Å². The molecule has 1 aliphatic rings. The molecule has 0 heterocycles. The van der Waals surface area contributed by atoms with Crippen LogP contribution in [0.5, 0.6) is 0 Å². The molecule has 0 unspecified atom stereocenters. The molecular formula is C20H32O4. The van der Waals surface area contributed by atoms with E-state index < -0.39 is 24.1 Å². The maximum absolute atomic E-state index is 11.4. The van der Waals surface area contributed by atoms with Crippen LogP contribution in [-0.4, -0.2) is 33.5 Å². The molecule has 0 bridgehead atoms. The molecule has 0 aromatic carbocycles. The fourth-order valence-electron chi connectivity index (χ4n) is 3.02. The monoisotopic (exact) mass is 336 g/mol. The molecule has 1 rings (SSSR count).